The summed E-state index contributed by atoms with van der Waals surface area (Å²) >= 11 is 3.97. The van der Waals surface area contributed by atoms with E-state index < -0.39 is 42.0 Å². The molecule has 0 aromatic heterocycles. The zero-order chi connectivity index (χ0) is 56.1. The van der Waals surface area contributed by atoms with E-state index in [1.807, 2.05) is 0 Å². The smallest absolute Gasteiger partial charge is 0.327 e. The molecule has 0 aromatic rings. The molecule has 0 fully saturated rings. The molecular weight excluding hydrogens is 981 g/mol. The first kappa shape index (κ1) is 72.6. The number of unbranched alkanes of at least 4 members (excludes halogenated alkanes) is 29. The minimum Gasteiger partial charge on any atom is -0.480 e. The van der Waals surface area contributed by atoms with Crippen molar-refractivity contribution in [3.8, 4) is 0 Å². The summed E-state index contributed by atoms with van der Waals surface area (Å²) in [4.78, 5) is 91.1. The van der Waals surface area contributed by atoms with Crippen LogP contribution in [0.4, 0.5) is 0 Å². The maximum Gasteiger partial charge on any atom is 0.327 e. The van der Waals surface area contributed by atoms with Gasteiger partial charge < -0.3 is 48.5 Å². The van der Waals surface area contributed by atoms with Crippen molar-refractivity contribution in [2.45, 2.75) is 301 Å². The molecule has 0 bridgehead atoms. The molecule has 0 radical (unpaired) electrons. The number of thiol groups is 1. The van der Waals surface area contributed by atoms with Crippen LogP contribution in [-0.4, -0.2) is 103 Å². The second kappa shape index (κ2) is 53.6. The molecule has 0 rings (SSSR count). The van der Waals surface area contributed by atoms with E-state index in [4.69, 9.17) is 16.6 Å². The molecule has 11 N–H and O–H groups in total. The number of carboxylic acid groups (broad SMARTS) is 1. The monoisotopic (exact) mass is 1090 g/mol. The number of carboxylic acids is 1. The fourth-order valence-electron chi connectivity index (χ4n) is 9.37. The summed E-state index contributed by atoms with van der Waals surface area (Å²) in [6.45, 7) is 6.10. The normalized spacial score (nSPS) is 12.8. The van der Waals surface area contributed by atoms with Crippen LogP contribution in [0.2, 0.25) is 0 Å². The van der Waals surface area contributed by atoms with Crippen LogP contribution in [0.3, 0.4) is 0 Å². The van der Waals surface area contributed by atoms with E-state index in [0.717, 1.165) is 44.9 Å². The summed E-state index contributed by atoms with van der Waals surface area (Å²) in [5, 5.41) is 26.3. The molecule has 0 unspecified atom stereocenters. The van der Waals surface area contributed by atoms with Gasteiger partial charge in [0.15, 0.2) is 0 Å². The zero-order valence-electron chi connectivity index (χ0n) is 48.2. The van der Waals surface area contributed by atoms with Gasteiger partial charge in [0, 0.05) is 38.1 Å². The fourth-order valence-corrected chi connectivity index (χ4v) is 9.62. The predicted molar refractivity (Wildman–Crippen MR) is 314 cm³/mol. The average molecular weight is 1100 g/mol. The van der Waals surface area contributed by atoms with Crippen molar-refractivity contribution < 1.29 is 38.7 Å². The molecule has 0 saturated carbocycles. The number of hydrogen-bond acceptors (Lipinski definition) is 10. The number of amides is 6. The van der Waals surface area contributed by atoms with E-state index in [1.54, 1.807) is 0 Å². The highest BCUT2D eigenvalue weighted by atomic mass is 32.1. The van der Waals surface area contributed by atoms with Gasteiger partial charge in [0.05, 0.1) is 0 Å². The third-order valence-corrected chi connectivity index (χ3v) is 14.6. The lowest BCUT2D eigenvalue weighted by Gasteiger charge is -2.25. The van der Waals surface area contributed by atoms with Crippen molar-refractivity contribution in [3.63, 3.8) is 0 Å². The molecule has 76 heavy (non-hydrogen) atoms. The van der Waals surface area contributed by atoms with Gasteiger partial charge in [-0.25, -0.2) is 4.79 Å². The van der Waals surface area contributed by atoms with Crippen molar-refractivity contribution >= 4 is 54.0 Å². The molecule has 0 aliphatic carbocycles. The molecular formula is C59H114N8O8S. The number of carbonyl (C=O) groups is 7. The van der Waals surface area contributed by atoms with E-state index in [1.165, 1.54) is 122 Å². The van der Waals surface area contributed by atoms with Crippen LogP contribution >= 0.6 is 12.6 Å². The van der Waals surface area contributed by atoms with Crippen LogP contribution in [0.1, 0.15) is 277 Å². The van der Waals surface area contributed by atoms with E-state index in [-0.39, 0.29) is 42.2 Å². The van der Waals surface area contributed by atoms with Crippen molar-refractivity contribution in [2.24, 2.45) is 11.5 Å². The highest BCUT2D eigenvalue weighted by molar-refractivity contribution is 7.80. The van der Waals surface area contributed by atoms with E-state index in [9.17, 15) is 33.6 Å². The van der Waals surface area contributed by atoms with Crippen molar-refractivity contribution in [1.82, 2.24) is 31.9 Å². The Morgan fingerprint density at radius 3 is 1.04 bits per heavy atom. The molecule has 17 heteroatoms. The minimum absolute atomic E-state index is 0.0160. The molecule has 0 spiro atoms. The predicted octanol–water partition coefficient (Wildman–Crippen LogP) is 10.1. The topological polar surface area (TPSA) is 264 Å². The molecule has 0 aliphatic rings. The van der Waals surface area contributed by atoms with Gasteiger partial charge >= 0.3 is 5.97 Å². The maximum atomic E-state index is 14.1. The quantitative estimate of drug-likeness (QED) is 0.0203. The van der Waals surface area contributed by atoms with Crippen LogP contribution in [0.25, 0.3) is 0 Å². The Balaban J connectivity index is 5.45. The molecule has 0 aromatic carbocycles. The van der Waals surface area contributed by atoms with Gasteiger partial charge in [-0.3, -0.25) is 28.8 Å². The Hall–Kier alpha value is -3.44. The molecule has 4 atom stereocenters. The highest BCUT2D eigenvalue weighted by Gasteiger charge is 2.29. The van der Waals surface area contributed by atoms with Crippen LogP contribution in [0, 0.1) is 0 Å². The van der Waals surface area contributed by atoms with Gasteiger partial charge in [-0.15, -0.1) is 0 Å². The summed E-state index contributed by atoms with van der Waals surface area (Å²) < 4.78 is 0. The van der Waals surface area contributed by atoms with Crippen molar-refractivity contribution in [3.05, 3.63) is 0 Å². The van der Waals surface area contributed by atoms with Crippen LogP contribution in [0.15, 0.2) is 0 Å². The lowest BCUT2D eigenvalue weighted by atomic mass is 10.0. The van der Waals surface area contributed by atoms with E-state index in [2.05, 4.69) is 58.4 Å². The summed E-state index contributed by atoms with van der Waals surface area (Å²) in [6.07, 6.45) is 39.0. The largest absolute Gasteiger partial charge is 0.480 e. The number of aliphatic carboxylic acids is 1. The Morgan fingerprint density at radius 1 is 0.355 bits per heavy atom. The van der Waals surface area contributed by atoms with Crippen molar-refractivity contribution in [1.29, 1.82) is 0 Å². The summed E-state index contributed by atoms with van der Waals surface area (Å²) in [5.41, 5.74) is 11.6. The Morgan fingerprint density at radius 2 is 0.658 bits per heavy atom. The fraction of sp³-hybridized carbons (Fsp3) is 0.881. The van der Waals surface area contributed by atoms with Crippen molar-refractivity contribution in [2.75, 3.05) is 31.9 Å². The summed E-state index contributed by atoms with van der Waals surface area (Å²) in [5.74, 6) is -3.07. The third-order valence-electron chi connectivity index (χ3n) is 14.3. The number of nitrogens with one attached hydrogen (secondary N) is 6. The van der Waals surface area contributed by atoms with E-state index >= 15 is 0 Å². The van der Waals surface area contributed by atoms with Crippen LogP contribution < -0.4 is 43.4 Å². The molecule has 6 amide bonds. The molecule has 0 saturated heterocycles. The van der Waals surface area contributed by atoms with Gasteiger partial charge in [-0.2, -0.15) is 12.6 Å². The molecule has 444 valence electrons. The Kier molecular flexibility index (Phi) is 51.1. The lowest BCUT2D eigenvalue weighted by Crippen LogP contribution is -2.56. The number of carbonyl (C=O) groups excluding carboxylic acids is 6. The first-order valence-corrected chi connectivity index (χ1v) is 31.5. The first-order chi connectivity index (χ1) is 36.9. The van der Waals surface area contributed by atoms with Gasteiger partial charge in [0.1, 0.15) is 24.2 Å². The molecule has 0 heterocycles. The second-order valence-electron chi connectivity index (χ2n) is 21.4. The number of rotatable bonds is 56. The van der Waals surface area contributed by atoms with Gasteiger partial charge in [-0.1, -0.05) is 174 Å². The Bertz CT molecular complexity index is 1480. The minimum atomic E-state index is -1.15. The van der Waals surface area contributed by atoms with Crippen LogP contribution in [-0.2, 0) is 33.6 Å². The van der Waals surface area contributed by atoms with Gasteiger partial charge in [0.25, 0.3) is 0 Å². The molecule has 0 aliphatic heterocycles. The number of hydrogen-bond donors (Lipinski definition) is 10. The van der Waals surface area contributed by atoms with Gasteiger partial charge in [0.2, 0.25) is 35.4 Å². The average Bonchev–Trinajstić information content (AvgIpc) is 3.40. The maximum absolute atomic E-state index is 14.1. The first-order valence-electron chi connectivity index (χ1n) is 30.9. The standard InChI is InChI=1S/C59H114N8O8S/c1-3-5-7-9-11-13-15-17-19-21-23-25-28-41-53(68)62-46-37-33-40-50(64-54(69)42-29-26-24-22-20-18-16-14-12-10-8-6-4-2)57(72)67-51(39-32-35-45-61)58(73)66-49(38-31-34-44-60)56(71)63-47-36-27-30-43-55(70)65-52(48-76)59(74)75/h49-52,76H,3-48,60-61H2,1-2H3,(H,62,68)(H,63,71)(H,64,69)(H,65,70)(H,66,73)(H,67,72)(H,74,75)/t49-,50-,51-,52-/m0/s1. The summed E-state index contributed by atoms with van der Waals surface area (Å²) in [7, 11) is 0. The highest BCUT2D eigenvalue weighted by Crippen LogP contribution is 2.16. The number of nitrogens with two attached hydrogens (primary N) is 2. The molecule has 16 nitrogen and oxygen atoms in total. The third kappa shape index (κ3) is 44.5. The van der Waals surface area contributed by atoms with E-state index in [0.29, 0.717) is 110 Å². The van der Waals surface area contributed by atoms with Crippen LogP contribution in [0.5, 0.6) is 0 Å². The lowest BCUT2D eigenvalue weighted by molar-refractivity contribution is -0.141. The Labute approximate surface area is 467 Å². The zero-order valence-corrected chi connectivity index (χ0v) is 49.1. The van der Waals surface area contributed by atoms with Gasteiger partial charge in [-0.05, 0) is 96.6 Å². The second-order valence-corrected chi connectivity index (χ2v) is 21.8. The summed E-state index contributed by atoms with van der Waals surface area (Å²) in [6, 6.07) is -3.81. The SMILES string of the molecule is CCCCCCCCCCCCCCCC(=O)NCCCC[C@H](NC(=O)CCCCCCCCCCCCCCC)C(=O)N[C@@H](CCCCN)C(=O)N[C@@H](CCCCN)C(=O)NCCCCCC(=O)N[C@@H](CS)C(=O)O.